The molecule has 1 saturated carbocycles. The third kappa shape index (κ3) is 4.69. The summed E-state index contributed by atoms with van der Waals surface area (Å²) in [6.07, 6.45) is 2.20. The van der Waals surface area contributed by atoms with E-state index in [4.69, 9.17) is 9.47 Å². The van der Waals surface area contributed by atoms with E-state index in [1.807, 2.05) is 6.07 Å². The van der Waals surface area contributed by atoms with E-state index in [1.54, 1.807) is 12.1 Å². The largest absolute Gasteiger partial charge is 0.494 e. The highest BCUT2D eigenvalue weighted by atomic mass is 19.3. The molecule has 0 atom stereocenters. The number of hydrogen-bond acceptors (Lipinski definition) is 3. The zero-order chi connectivity index (χ0) is 15.5. The Balaban J connectivity index is 1.98. The maximum atomic E-state index is 12.7. The van der Waals surface area contributed by atoms with Crippen molar-refractivity contribution in [3.8, 4) is 5.75 Å². The number of alkyl halides is 2. The van der Waals surface area contributed by atoms with Gasteiger partial charge in [-0.3, -0.25) is 0 Å². The lowest BCUT2D eigenvalue weighted by molar-refractivity contribution is 0.00767. The first kappa shape index (κ1) is 15.7. The smallest absolute Gasteiger partial charge is 0.338 e. The molecule has 0 spiro atoms. The van der Waals surface area contributed by atoms with Gasteiger partial charge in [-0.25, -0.2) is 13.6 Å². The summed E-state index contributed by atoms with van der Waals surface area (Å²) in [7, 11) is 1.36. The molecule has 0 amide bonds. The summed E-state index contributed by atoms with van der Waals surface area (Å²) in [5.41, 5.74) is 1.49. The second-order valence-corrected chi connectivity index (χ2v) is 5.54. The Kier molecular flexibility index (Phi) is 4.80. The lowest BCUT2D eigenvalue weighted by Crippen LogP contribution is -2.11. The zero-order valence-electron chi connectivity index (χ0n) is 12.3. The molecule has 1 aliphatic rings. The Labute approximate surface area is 123 Å². The molecule has 0 aliphatic heterocycles. The molecule has 0 heterocycles. The Morgan fingerprint density at radius 3 is 2.67 bits per heavy atom. The summed E-state index contributed by atoms with van der Waals surface area (Å²) in [6.45, 7) is 1.15. The van der Waals surface area contributed by atoms with Gasteiger partial charge < -0.3 is 9.47 Å². The molecule has 1 aromatic rings. The average molecular weight is 298 g/mol. The van der Waals surface area contributed by atoms with Gasteiger partial charge >= 0.3 is 5.97 Å². The minimum atomic E-state index is -2.66. The van der Waals surface area contributed by atoms with Crippen molar-refractivity contribution in [2.24, 2.45) is 0 Å². The average Bonchev–Trinajstić information content (AvgIpc) is 3.26. The highest BCUT2D eigenvalue weighted by Gasteiger charge is 2.29. The fourth-order valence-electron chi connectivity index (χ4n) is 2.23. The van der Waals surface area contributed by atoms with Crippen LogP contribution < -0.4 is 4.74 Å². The molecule has 0 N–H and O–H groups in total. The number of rotatable bonds is 7. The van der Waals surface area contributed by atoms with E-state index in [1.165, 1.54) is 7.11 Å². The highest BCUT2D eigenvalue weighted by Crippen LogP contribution is 2.43. The molecule has 0 unspecified atom stereocenters. The van der Waals surface area contributed by atoms with Crippen LogP contribution in [-0.4, -0.2) is 25.6 Å². The third-order valence-electron chi connectivity index (χ3n) is 3.47. The second-order valence-electron chi connectivity index (χ2n) is 5.54. The number of methoxy groups -OCH3 is 1. The van der Waals surface area contributed by atoms with Crippen molar-refractivity contribution in [1.82, 2.24) is 0 Å². The van der Waals surface area contributed by atoms with Gasteiger partial charge in [-0.1, -0.05) is 0 Å². The van der Waals surface area contributed by atoms with Crippen molar-refractivity contribution in [3.63, 3.8) is 0 Å². The van der Waals surface area contributed by atoms with Crippen LogP contribution in [0, 0.1) is 0 Å². The van der Waals surface area contributed by atoms with Crippen LogP contribution in [0.3, 0.4) is 0 Å². The number of ether oxygens (including phenoxy) is 2. The molecule has 1 fully saturated rings. The first-order valence-electron chi connectivity index (χ1n) is 7.13. The SMILES string of the molecule is COC(=O)c1ccc(OCCCC(C)(F)F)cc1C1CC1. The maximum Gasteiger partial charge on any atom is 0.338 e. The van der Waals surface area contributed by atoms with Crippen LogP contribution in [0.15, 0.2) is 18.2 Å². The first-order chi connectivity index (χ1) is 9.90. The van der Waals surface area contributed by atoms with Gasteiger partial charge in [0.05, 0.1) is 19.3 Å². The Morgan fingerprint density at radius 1 is 1.38 bits per heavy atom. The summed E-state index contributed by atoms with van der Waals surface area (Å²) >= 11 is 0. The number of hydrogen-bond donors (Lipinski definition) is 0. The standard InChI is InChI=1S/C16H20F2O3/c1-16(17,18)8-3-9-21-12-6-7-13(15(19)20-2)14(10-12)11-4-5-11/h6-7,10-11H,3-5,8-9H2,1-2H3. The van der Waals surface area contributed by atoms with Gasteiger partial charge in [0.25, 0.3) is 0 Å². The van der Waals surface area contributed by atoms with E-state index >= 15 is 0 Å². The van der Waals surface area contributed by atoms with E-state index in [-0.39, 0.29) is 19.0 Å². The molecule has 5 heteroatoms. The normalized spacial score (nSPS) is 14.9. The lowest BCUT2D eigenvalue weighted by atomic mass is 10.0. The van der Waals surface area contributed by atoms with Crippen LogP contribution in [0.5, 0.6) is 5.75 Å². The molecular weight excluding hydrogens is 278 g/mol. The fraction of sp³-hybridized carbons (Fsp3) is 0.562. The van der Waals surface area contributed by atoms with Crippen molar-refractivity contribution >= 4 is 5.97 Å². The predicted octanol–water partition coefficient (Wildman–Crippen LogP) is 4.16. The van der Waals surface area contributed by atoms with Crippen LogP contribution in [0.25, 0.3) is 0 Å². The number of halogens is 2. The van der Waals surface area contributed by atoms with Gasteiger partial charge in [-0.15, -0.1) is 0 Å². The number of esters is 1. The van der Waals surface area contributed by atoms with Crippen LogP contribution in [-0.2, 0) is 4.74 Å². The van der Waals surface area contributed by atoms with E-state index < -0.39 is 5.92 Å². The molecule has 0 saturated heterocycles. The van der Waals surface area contributed by atoms with E-state index in [0.717, 1.165) is 25.3 Å². The van der Waals surface area contributed by atoms with Crippen molar-refractivity contribution in [2.75, 3.05) is 13.7 Å². The van der Waals surface area contributed by atoms with Gasteiger partial charge in [-0.2, -0.15) is 0 Å². The molecule has 0 aromatic heterocycles. The minimum absolute atomic E-state index is 0.192. The molecule has 21 heavy (non-hydrogen) atoms. The fourth-order valence-corrected chi connectivity index (χ4v) is 2.23. The molecule has 116 valence electrons. The molecule has 1 aliphatic carbocycles. The minimum Gasteiger partial charge on any atom is -0.494 e. The van der Waals surface area contributed by atoms with Gasteiger partial charge in [0.15, 0.2) is 0 Å². The van der Waals surface area contributed by atoms with Gasteiger partial charge in [0, 0.05) is 6.42 Å². The predicted molar refractivity (Wildman–Crippen MR) is 75.1 cm³/mol. The Morgan fingerprint density at radius 2 is 2.10 bits per heavy atom. The van der Waals surface area contributed by atoms with Crippen molar-refractivity contribution < 1.29 is 23.0 Å². The summed E-state index contributed by atoms with van der Waals surface area (Å²) < 4.78 is 35.7. The number of benzene rings is 1. The lowest BCUT2D eigenvalue weighted by Gasteiger charge is -2.13. The van der Waals surface area contributed by atoms with Crippen LogP contribution in [0.1, 0.15) is 54.4 Å². The maximum absolute atomic E-state index is 12.7. The Hall–Kier alpha value is -1.65. The van der Waals surface area contributed by atoms with Crippen LogP contribution in [0.4, 0.5) is 8.78 Å². The first-order valence-corrected chi connectivity index (χ1v) is 7.13. The molecule has 3 nitrogen and oxygen atoms in total. The third-order valence-corrected chi connectivity index (χ3v) is 3.47. The summed E-state index contributed by atoms with van der Waals surface area (Å²) in [6, 6.07) is 5.19. The van der Waals surface area contributed by atoms with Crippen LogP contribution >= 0.6 is 0 Å². The van der Waals surface area contributed by atoms with E-state index in [2.05, 4.69) is 0 Å². The molecule has 1 aromatic carbocycles. The summed E-state index contributed by atoms with van der Waals surface area (Å²) in [5.74, 6) is -2.02. The number of carbonyl (C=O) groups is 1. The van der Waals surface area contributed by atoms with Crippen molar-refractivity contribution in [2.45, 2.75) is 44.4 Å². The highest BCUT2D eigenvalue weighted by molar-refractivity contribution is 5.91. The van der Waals surface area contributed by atoms with Gasteiger partial charge in [-0.05, 0) is 55.9 Å². The van der Waals surface area contributed by atoms with E-state index in [0.29, 0.717) is 23.7 Å². The molecule has 0 bridgehead atoms. The van der Waals surface area contributed by atoms with Crippen molar-refractivity contribution in [1.29, 1.82) is 0 Å². The molecule has 2 rings (SSSR count). The van der Waals surface area contributed by atoms with Gasteiger partial charge in [0.2, 0.25) is 5.92 Å². The van der Waals surface area contributed by atoms with E-state index in [9.17, 15) is 13.6 Å². The molecule has 0 radical (unpaired) electrons. The second kappa shape index (κ2) is 6.41. The van der Waals surface area contributed by atoms with Crippen LogP contribution in [0.2, 0.25) is 0 Å². The summed E-state index contributed by atoms with van der Waals surface area (Å²) in [5, 5.41) is 0. The summed E-state index contributed by atoms with van der Waals surface area (Å²) in [4.78, 5) is 11.7. The van der Waals surface area contributed by atoms with Crippen molar-refractivity contribution in [3.05, 3.63) is 29.3 Å². The molecular formula is C16H20F2O3. The Bertz CT molecular complexity index is 505. The topological polar surface area (TPSA) is 35.5 Å². The van der Waals surface area contributed by atoms with Gasteiger partial charge in [0.1, 0.15) is 5.75 Å². The zero-order valence-corrected chi connectivity index (χ0v) is 12.3. The monoisotopic (exact) mass is 298 g/mol. The number of carbonyl (C=O) groups excluding carboxylic acids is 1. The quantitative estimate of drug-likeness (QED) is 0.560.